The van der Waals surface area contributed by atoms with E-state index in [2.05, 4.69) is 24.1 Å². The smallest absolute Gasteiger partial charge is 0.328 e. The van der Waals surface area contributed by atoms with Crippen molar-refractivity contribution in [2.24, 2.45) is 0 Å². The Hall–Kier alpha value is -2.92. The molecular formula is C23H37N3O7S. The molecule has 1 aromatic rings. The molecule has 0 saturated heterocycles. The van der Waals surface area contributed by atoms with E-state index < -0.39 is 21.8 Å². The minimum absolute atomic E-state index is 0.00333. The minimum Gasteiger partial charge on any atom is -0.478 e. The number of likely N-dealkylation sites (N-methyl/N-ethyl adjacent to an activating group) is 1. The number of sulfone groups is 1. The van der Waals surface area contributed by atoms with Crippen LogP contribution in [0.1, 0.15) is 33.3 Å². The maximum absolute atomic E-state index is 12.4. The molecule has 0 aliphatic rings. The Kier molecular flexibility index (Phi) is 15.2. The largest absolute Gasteiger partial charge is 0.478 e. The van der Waals surface area contributed by atoms with Gasteiger partial charge in [0.05, 0.1) is 11.5 Å². The van der Waals surface area contributed by atoms with Crippen LogP contribution in [0.15, 0.2) is 42.5 Å². The van der Waals surface area contributed by atoms with Gasteiger partial charge in [0.1, 0.15) is 0 Å². The maximum Gasteiger partial charge on any atom is 0.328 e. The van der Waals surface area contributed by atoms with Crippen LogP contribution in [0.25, 0.3) is 0 Å². The lowest BCUT2D eigenvalue weighted by Gasteiger charge is -2.27. The van der Waals surface area contributed by atoms with E-state index in [1.165, 1.54) is 0 Å². The number of aliphatic carboxylic acids is 2. The number of carbonyl (C=O) groups is 3. The van der Waals surface area contributed by atoms with Crippen molar-refractivity contribution in [1.82, 2.24) is 15.1 Å². The monoisotopic (exact) mass is 499 g/mol. The molecule has 0 aliphatic carbocycles. The molecule has 34 heavy (non-hydrogen) atoms. The fourth-order valence-electron chi connectivity index (χ4n) is 2.84. The number of hydrogen-bond acceptors (Lipinski definition) is 6. The summed E-state index contributed by atoms with van der Waals surface area (Å²) in [5.41, 5.74) is 0.771. The summed E-state index contributed by atoms with van der Waals surface area (Å²) >= 11 is 0. The summed E-state index contributed by atoms with van der Waals surface area (Å²) in [7, 11) is -3.27. The molecule has 0 bridgehead atoms. The lowest BCUT2D eigenvalue weighted by molar-refractivity contribution is -0.134. The fourth-order valence-corrected chi connectivity index (χ4v) is 4.16. The summed E-state index contributed by atoms with van der Waals surface area (Å²) in [6.45, 7) is 11.4. The van der Waals surface area contributed by atoms with E-state index in [0.717, 1.165) is 25.2 Å². The zero-order valence-corrected chi connectivity index (χ0v) is 21.1. The lowest BCUT2D eigenvalue weighted by atomic mass is 10.2. The number of amides is 2. The third kappa shape index (κ3) is 15.0. The number of nitrogens with one attached hydrogen (secondary N) is 1. The number of hydrogen-bond donors (Lipinski definition) is 3. The Balaban J connectivity index is 0.00000116. The van der Waals surface area contributed by atoms with Gasteiger partial charge in [0.25, 0.3) is 0 Å². The van der Waals surface area contributed by atoms with Crippen LogP contribution in [0.3, 0.4) is 0 Å². The Bertz CT molecular complexity index is 867. The Morgan fingerprint density at radius 3 is 1.94 bits per heavy atom. The van der Waals surface area contributed by atoms with Crippen molar-refractivity contribution in [3.05, 3.63) is 48.0 Å². The van der Waals surface area contributed by atoms with Gasteiger partial charge < -0.3 is 25.3 Å². The van der Waals surface area contributed by atoms with Gasteiger partial charge in [-0.05, 0) is 32.5 Å². The van der Waals surface area contributed by atoms with Crippen LogP contribution in [0, 0.1) is 0 Å². The van der Waals surface area contributed by atoms with Gasteiger partial charge in [0.2, 0.25) is 0 Å². The average molecular weight is 500 g/mol. The first kappa shape index (κ1) is 31.1. The quantitative estimate of drug-likeness (QED) is 0.350. The van der Waals surface area contributed by atoms with Gasteiger partial charge in [-0.3, -0.25) is 0 Å². The molecule has 192 valence electrons. The van der Waals surface area contributed by atoms with Gasteiger partial charge in [0, 0.05) is 37.8 Å². The van der Waals surface area contributed by atoms with Crippen LogP contribution in [-0.4, -0.2) is 90.9 Å². The van der Waals surface area contributed by atoms with E-state index in [4.69, 9.17) is 10.2 Å². The summed E-state index contributed by atoms with van der Waals surface area (Å²) in [6, 6.07) is 8.86. The van der Waals surface area contributed by atoms with Crippen molar-refractivity contribution in [2.75, 3.05) is 38.5 Å². The Morgan fingerprint density at radius 2 is 1.50 bits per heavy atom. The van der Waals surface area contributed by atoms with E-state index >= 15 is 0 Å². The zero-order chi connectivity index (χ0) is 26.1. The molecule has 0 spiro atoms. The molecule has 3 N–H and O–H groups in total. The molecule has 0 unspecified atom stereocenters. The van der Waals surface area contributed by atoms with Crippen molar-refractivity contribution >= 4 is 27.8 Å². The van der Waals surface area contributed by atoms with Crippen LogP contribution < -0.4 is 5.32 Å². The third-order valence-corrected chi connectivity index (χ3v) is 6.30. The van der Waals surface area contributed by atoms with Gasteiger partial charge >= 0.3 is 18.0 Å². The van der Waals surface area contributed by atoms with Crippen molar-refractivity contribution < 1.29 is 33.0 Å². The Labute approximate surface area is 202 Å². The predicted molar refractivity (Wildman–Crippen MR) is 131 cm³/mol. The van der Waals surface area contributed by atoms with Gasteiger partial charge in [0.15, 0.2) is 9.84 Å². The summed E-state index contributed by atoms with van der Waals surface area (Å²) in [6.07, 6.45) is 1.12. The van der Waals surface area contributed by atoms with Crippen molar-refractivity contribution in [1.29, 1.82) is 0 Å². The number of carbonyl (C=O) groups excluding carboxylic acids is 1. The average Bonchev–Trinajstić information content (AvgIpc) is 2.76. The third-order valence-electron chi connectivity index (χ3n) is 4.72. The number of urea groups is 1. The van der Waals surface area contributed by atoms with Crippen molar-refractivity contribution in [2.45, 2.75) is 39.5 Å². The second-order valence-corrected chi connectivity index (χ2v) is 9.82. The molecule has 2 amide bonds. The molecule has 1 rings (SSSR count). The van der Waals surface area contributed by atoms with E-state index in [0.29, 0.717) is 18.7 Å². The molecule has 0 heterocycles. The van der Waals surface area contributed by atoms with Crippen LogP contribution in [-0.2, 0) is 25.2 Å². The number of nitrogens with zero attached hydrogens (tertiary/aromatic N) is 2. The predicted octanol–water partition coefficient (Wildman–Crippen LogP) is 2.08. The zero-order valence-electron chi connectivity index (χ0n) is 20.3. The molecule has 11 heteroatoms. The second kappa shape index (κ2) is 16.7. The number of benzene rings is 1. The maximum atomic E-state index is 12.4. The summed E-state index contributed by atoms with van der Waals surface area (Å²) in [5.74, 6) is -2.55. The molecule has 0 fully saturated rings. The standard InChI is InChI=1S/C19H33N3O3S.C4H4O4/c1-5-21(6-2)13-12-20-19(23)22(17(3)4)14-15-26(24,25)16-18-10-8-7-9-11-18;5-3(6)1-2-4(7)8/h7-11,17H,5-6,12-16H2,1-4H3,(H,20,23);1-2H,(H,5,6)(H,7,8)/b;2-1-. The van der Waals surface area contributed by atoms with Gasteiger partial charge in [-0.2, -0.15) is 0 Å². The molecule has 0 saturated carbocycles. The second-order valence-electron chi connectivity index (χ2n) is 7.63. The van der Waals surface area contributed by atoms with Crippen LogP contribution >= 0.6 is 0 Å². The van der Waals surface area contributed by atoms with Gasteiger partial charge in [-0.25, -0.2) is 22.8 Å². The molecule has 1 aromatic carbocycles. The molecule has 0 aromatic heterocycles. The van der Waals surface area contributed by atoms with Crippen molar-refractivity contribution in [3.63, 3.8) is 0 Å². The van der Waals surface area contributed by atoms with Gasteiger partial charge in [-0.15, -0.1) is 0 Å². The van der Waals surface area contributed by atoms with E-state index in [1.54, 1.807) is 17.0 Å². The van der Waals surface area contributed by atoms with Crippen molar-refractivity contribution in [3.8, 4) is 0 Å². The number of carboxylic acid groups (broad SMARTS) is 2. The van der Waals surface area contributed by atoms with Crippen LogP contribution in [0.2, 0.25) is 0 Å². The number of carboxylic acids is 2. The fraction of sp³-hybridized carbons (Fsp3) is 0.522. The lowest BCUT2D eigenvalue weighted by Crippen LogP contribution is -2.47. The number of rotatable bonds is 13. The summed E-state index contributed by atoms with van der Waals surface area (Å²) in [5, 5.41) is 18.5. The van der Waals surface area contributed by atoms with E-state index in [9.17, 15) is 22.8 Å². The SMILES string of the molecule is CCN(CC)CCNC(=O)N(CCS(=O)(=O)Cc1ccccc1)C(C)C.O=C(O)/C=C\C(=O)O. The van der Waals surface area contributed by atoms with E-state index in [1.807, 2.05) is 32.0 Å². The van der Waals surface area contributed by atoms with Crippen LogP contribution in [0.4, 0.5) is 4.79 Å². The van der Waals surface area contributed by atoms with Crippen LogP contribution in [0.5, 0.6) is 0 Å². The highest BCUT2D eigenvalue weighted by atomic mass is 32.2. The van der Waals surface area contributed by atoms with Gasteiger partial charge in [-0.1, -0.05) is 44.2 Å². The highest BCUT2D eigenvalue weighted by Gasteiger charge is 2.20. The molecule has 0 aliphatic heterocycles. The first-order valence-corrected chi connectivity index (χ1v) is 12.9. The Morgan fingerprint density at radius 1 is 0.971 bits per heavy atom. The normalized spacial score (nSPS) is 11.2. The minimum atomic E-state index is -3.27. The first-order valence-electron chi connectivity index (χ1n) is 11.1. The molecule has 0 atom stereocenters. The van der Waals surface area contributed by atoms with E-state index in [-0.39, 0.29) is 30.1 Å². The highest BCUT2D eigenvalue weighted by Crippen LogP contribution is 2.08. The highest BCUT2D eigenvalue weighted by molar-refractivity contribution is 7.90. The summed E-state index contributed by atoms with van der Waals surface area (Å²) in [4.78, 5) is 35.3. The molecule has 0 radical (unpaired) electrons. The first-order chi connectivity index (χ1) is 15.9. The molecular weight excluding hydrogens is 462 g/mol. The topological polar surface area (TPSA) is 144 Å². The molecule has 10 nitrogen and oxygen atoms in total. The summed E-state index contributed by atoms with van der Waals surface area (Å²) < 4.78 is 24.7.